The van der Waals surface area contributed by atoms with Gasteiger partial charge in [-0.1, -0.05) is 0 Å². The van der Waals surface area contributed by atoms with Gasteiger partial charge in [-0.3, -0.25) is 9.36 Å². The summed E-state index contributed by atoms with van der Waals surface area (Å²) in [7, 11) is 0. The Labute approximate surface area is 166 Å². The van der Waals surface area contributed by atoms with Crippen LogP contribution in [0.1, 0.15) is 42.6 Å². The topological polar surface area (TPSA) is 97.8 Å². The molecule has 1 saturated carbocycles. The molecule has 5 rings (SSSR count). The van der Waals surface area contributed by atoms with Crippen LogP contribution in [0.3, 0.4) is 0 Å². The van der Waals surface area contributed by atoms with E-state index >= 15 is 4.39 Å². The standard InChI is InChI=1S/C21H24FN3O4/c1-10-9-29-19-17-13(6-14(21(27)28)20(26)25(10)17)7-15(22)18(19)24-5-4-12(8-24)16(23)11-2-3-11/h6-7,10-12,16H,2-5,8-9,23H2,1H3,(H,27,28)/t10-,12+,16?/m0/s1. The molecule has 29 heavy (non-hydrogen) atoms. The Kier molecular flexibility index (Phi) is 4.10. The largest absolute Gasteiger partial charge is 0.487 e. The first kappa shape index (κ1) is 18.4. The minimum absolute atomic E-state index is 0.136. The Morgan fingerprint density at radius 3 is 2.76 bits per heavy atom. The lowest BCUT2D eigenvalue weighted by molar-refractivity contribution is 0.0694. The molecule has 1 aromatic carbocycles. The summed E-state index contributed by atoms with van der Waals surface area (Å²) in [4.78, 5) is 26.3. The summed E-state index contributed by atoms with van der Waals surface area (Å²) < 4.78 is 22.6. The number of anilines is 1. The number of nitrogens with zero attached hydrogens (tertiary/aromatic N) is 2. The molecule has 2 fully saturated rings. The van der Waals surface area contributed by atoms with E-state index in [-0.39, 0.29) is 24.3 Å². The lowest BCUT2D eigenvalue weighted by Gasteiger charge is -2.31. The summed E-state index contributed by atoms with van der Waals surface area (Å²) in [6.45, 7) is 3.31. The molecular formula is C21H24FN3O4. The van der Waals surface area contributed by atoms with E-state index in [2.05, 4.69) is 0 Å². The maximum atomic E-state index is 15.2. The van der Waals surface area contributed by atoms with E-state index in [0.717, 1.165) is 6.42 Å². The molecule has 2 aromatic rings. The van der Waals surface area contributed by atoms with E-state index in [1.807, 2.05) is 4.90 Å². The third-order valence-corrected chi connectivity index (χ3v) is 6.59. The van der Waals surface area contributed by atoms with E-state index in [9.17, 15) is 14.7 Å². The summed E-state index contributed by atoms with van der Waals surface area (Å²) >= 11 is 0. The molecule has 1 unspecified atom stereocenters. The Morgan fingerprint density at radius 2 is 2.07 bits per heavy atom. The van der Waals surface area contributed by atoms with E-state index in [0.29, 0.717) is 47.3 Å². The van der Waals surface area contributed by atoms with Crippen molar-refractivity contribution < 1.29 is 19.0 Å². The number of halogens is 1. The van der Waals surface area contributed by atoms with Crippen LogP contribution in [-0.4, -0.2) is 41.4 Å². The molecular weight excluding hydrogens is 377 g/mol. The second-order valence-electron chi connectivity index (χ2n) is 8.58. The number of hydrogen-bond acceptors (Lipinski definition) is 5. The van der Waals surface area contributed by atoms with E-state index in [4.69, 9.17) is 10.5 Å². The van der Waals surface area contributed by atoms with Gasteiger partial charge in [0.25, 0.3) is 5.56 Å². The number of carbonyl (C=O) groups is 1. The zero-order valence-electron chi connectivity index (χ0n) is 16.2. The molecule has 3 N–H and O–H groups in total. The molecule has 0 amide bonds. The molecule has 1 aliphatic carbocycles. The van der Waals surface area contributed by atoms with Crippen LogP contribution in [0, 0.1) is 17.7 Å². The number of pyridine rings is 1. The van der Waals surface area contributed by atoms with Gasteiger partial charge in [0.1, 0.15) is 17.9 Å². The number of aromatic carboxylic acids is 1. The van der Waals surface area contributed by atoms with Gasteiger partial charge in [-0.05, 0) is 50.2 Å². The monoisotopic (exact) mass is 401 g/mol. The predicted octanol–water partition coefficient (Wildman–Crippen LogP) is 2.36. The highest BCUT2D eigenvalue weighted by atomic mass is 19.1. The summed E-state index contributed by atoms with van der Waals surface area (Å²) in [5.41, 5.74) is 6.26. The average molecular weight is 401 g/mol. The van der Waals surface area contributed by atoms with Crippen molar-refractivity contribution >= 4 is 22.6 Å². The van der Waals surface area contributed by atoms with Gasteiger partial charge in [-0.15, -0.1) is 0 Å². The van der Waals surface area contributed by atoms with Crippen LogP contribution in [0.5, 0.6) is 5.75 Å². The molecule has 3 aliphatic rings. The number of benzene rings is 1. The van der Waals surface area contributed by atoms with Crippen molar-refractivity contribution in [2.45, 2.75) is 38.3 Å². The van der Waals surface area contributed by atoms with Crippen molar-refractivity contribution in [3.63, 3.8) is 0 Å². The van der Waals surface area contributed by atoms with Crippen molar-refractivity contribution in [2.75, 3.05) is 24.6 Å². The molecule has 8 heteroatoms. The molecule has 0 bridgehead atoms. The van der Waals surface area contributed by atoms with Crippen LogP contribution < -0.4 is 20.9 Å². The lowest BCUT2D eigenvalue weighted by atomic mass is 9.96. The quantitative estimate of drug-likeness (QED) is 0.816. The molecule has 0 radical (unpaired) electrons. The van der Waals surface area contributed by atoms with Gasteiger partial charge in [0, 0.05) is 24.5 Å². The zero-order chi connectivity index (χ0) is 20.4. The fourth-order valence-electron chi connectivity index (χ4n) is 4.89. The van der Waals surface area contributed by atoms with Gasteiger partial charge in [0.2, 0.25) is 0 Å². The number of carboxylic acids is 1. The van der Waals surface area contributed by atoms with Crippen molar-refractivity contribution in [3.8, 4) is 5.75 Å². The van der Waals surface area contributed by atoms with Crippen molar-refractivity contribution in [1.82, 2.24) is 4.57 Å². The third-order valence-electron chi connectivity index (χ3n) is 6.59. The van der Waals surface area contributed by atoms with Gasteiger partial charge in [0.05, 0.1) is 11.6 Å². The number of hydrogen-bond donors (Lipinski definition) is 2. The summed E-state index contributed by atoms with van der Waals surface area (Å²) in [5.74, 6) is -0.570. The molecule has 1 aromatic heterocycles. The predicted molar refractivity (Wildman–Crippen MR) is 106 cm³/mol. The molecule has 3 heterocycles. The number of aromatic nitrogens is 1. The maximum Gasteiger partial charge on any atom is 0.341 e. The van der Waals surface area contributed by atoms with Gasteiger partial charge >= 0.3 is 5.97 Å². The number of ether oxygens (including phenoxy) is 1. The molecule has 2 aliphatic heterocycles. The Hall–Kier alpha value is -2.61. The lowest BCUT2D eigenvalue weighted by Crippen LogP contribution is -2.36. The number of rotatable bonds is 4. The first-order valence-electron chi connectivity index (χ1n) is 10.1. The first-order valence-corrected chi connectivity index (χ1v) is 10.1. The summed E-state index contributed by atoms with van der Waals surface area (Å²) in [5, 5.41) is 9.74. The van der Waals surface area contributed by atoms with Gasteiger partial charge < -0.3 is 20.5 Å². The third kappa shape index (κ3) is 2.80. The van der Waals surface area contributed by atoms with Crippen LogP contribution in [0.25, 0.3) is 10.9 Å². The summed E-state index contributed by atoms with van der Waals surface area (Å²) in [6, 6.07) is 2.35. The van der Waals surface area contributed by atoms with Crippen LogP contribution in [0.2, 0.25) is 0 Å². The van der Waals surface area contributed by atoms with Gasteiger partial charge in [-0.25, -0.2) is 9.18 Å². The van der Waals surface area contributed by atoms with Crippen molar-refractivity contribution in [1.29, 1.82) is 0 Å². The molecule has 154 valence electrons. The zero-order valence-corrected chi connectivity index (χ0v) is 16.2. The minimum Gasteiger partial charge on any atom is -0.487 e. The highest BCUT2D eigenvalue weighted by Gasteiger charge is 2.39. The van der Waals surface area contributed by atoms with Gasteiger partial charge in [0.15, 0.2) is 11.6 Å². The minimum atomic E-state index is -1.32. The smallest absolute Gasteiger partial charge is 0.341 e. The Morgan fingerprint density at radius 1 is 1.31 bits per heavy atom. The molecule has 1 saturated heterocycles. The van der Waals surface area contributed by atoms with Crippen LogP contribution >= 0.6 is 0 Å². The SMILES string of the molecule is C[C@H]1COc2c(N3CC[C@@H](C(N)C4CC4)C3)c(F)cc3cc(C(=O)O)c(=O)n1c23. The molecule has 0 spiro atoms. The van der Waals surface area contributed by atoms with Crippen LogP contribution in [0.15, 0.2) is 16.9 Å². The number of carboxylic acid groups (broad SMARTS) is 1. The fraction of sp³-hybridized carbons (Fsp3) is 0.524. The fourth-order valence-corrected chi connectivity index (χ4v) is 4.89. The second kappa shape index (κ2) is 6.45. The van der Waals surface area contributed by atoms with Crippen LogP contribution in [0.4, 0.5) is 10.1 Å². The second-order valence-corrected chi connectivity index (χ2v) is 8.58. The number of nitrogens with two attached hydrogens (primary N) is 1. The van der Waals surface area contributed by atoms with E-state index < -0.39 is 17.3 Å². The molecule has 3 atom stereocenters. The Balaban J connectivity index is 1.65. The van der Waals surface area contributed by atoms with Crippen LogP contribution in [-0.2, 0) is 0 Å². The maximum absolute atomic E-state index is 15.2. The van der Waals surface area contributed by atoms with Gasteiger partial charge in [-0.2, -0.15) is 0 Å². The highest BCUT2D eigenvalue weighted by molar-refractivity contribution is 5.97. The van der Waals surface area contributed by atoms with E-state index in [1.165, 1.54) is 29.5 Å². The van der Waals surface area contributed by atoms with E-state index in [1.54, 1.807) is 6.92 Å². The molecule has 7 nitrogen and oxygen atoms in total. The summed E-state index contributed by atoms with van der Waals surface area (Å²) in [6.07, 6.45) is 3.24. The normalized spacial score (nSPS) is 24.6. The highest BCUT2D eigenvalue weighted by Crippen LogP contribution is 2.45. The Bertz CT molecular complexity index is 1080. The first-order chi connectivity index (χ1) is 13.9. The average Bonchev–Trinajstić information content (AvgIpc) is 3.42. The van der Waals surface area contributed by atoms with Crippen molar-refractivity contribution in [3.05, 3.63) is 33.9 Å². The van der Waals surface area contributed by atoms with Crippen molar-refractivity contribution in [2.24, 2.45) is 17.6 Å².